The Morgan fingerprint density at radius 3 is 2.60 bits per heavy atom. The number of nitrogens with one attached hydrogen (secondary N) is 1. The average Bonchev–Trinajstić information content (AvgIpc) is 2.77. The van der Waals surface area contributed by atoms with Gasteiger partial charge in [0.15, 0.2) is 17.3 Å². The first-order valence-corrected chi connectivity index (χ1v) is 9.15. The number of aromatic nitrogens is 1. The fourth-order valence-electron chi connectivity index (χ4n) is 2.87. The van der Waals surface area contributed by atoms with Crippen LogP contribution in [0.25, 0.3) is 6.08 Å². The van der Waals surface area contributed by atoms with E-state index in [9.17, 15) is 15.0 Å². The molecule has 3 N–H and O–H groups in total. The number of pyridine rings is 1. The van der Waals surface area contributed by atoms with Crippen LogP contribution in [0.2, 0.25) is 0 Å². The fraction of sp³-hybridized carbons (Fsp3) is 0.130. The summed E-state index contributed by atoms with van der Waals surface area (Å²) in [4.78, 5) is 17.0. The van der Waals surface area contributed by atoms with Crippen LogP contribution in [0.15, 0.2) is 60.8 Å². The number of carbonyl (C=O) groups is 1. The van der Waals surface area contributed by atoms with Crippen LogP contribution in [-0.4, -0.2) is 35.2 Å². The predicted octanol–water partition coefficient (Wildman–Crippen LogP) is 3.94. The maximum Gasteiger partial charge on any atom is 0.189 e. The van der Waals surface area contributed by atoms with Crippen molar-refractivity contribution >= 4 is 23.4 Å². The van der Waals surface area contributed by atoms with Crippen LogP contribution < -0.4 is 14.8 Å². The van der Waals surface area contributed by atoms with Crippen molar-refractivity contribution < 1.29 is 24.5 Å². The summed E-state index contributed by atoms with van der Waals surface area (Å²) in [5, 5.41) is 22.3. The number of aliphatic hydroxyl groups is 1. The van der Waals surface area contributed by atoms with Crippen LogP contribution in [0.3, 0.4) is 0 Å². The van der Waals surface area contributed by atoms with Crippen LogP contribution >= 0.6 is 0 Å². The second kappa shape index (κ2) is 9.58. The molecule has 0 bridgehead atoms. The van der Waals surface area contributed by atoms with Crippen molar-refractivity contribution in [2.24, 2.45) is 0 Å². The Kier molecular flexibility index (Phi) is 6.67. The topological polar surface area (TPSA) is 101 Å². The number of phenols is 1. The number of ketones is 1. The van der Waals surface area contributed by atoms with Crippen molar-refractivity contribution in [1.29, 1.82) is 0 Å². The van der Waals surface area contributed by atoms with Gasteiger partial charge in [0, 0.05) is 23.5 Å². The van der Waals surface area contributed by atoms with E-state index >= 15 is 0 Å². The molecule has 30 heavy (non-hydrogen) atoms. The van der Waals surface area contributed by atoms with E-state index in [0.717, 1.165) is 0 Å². The Balaban J connectivity index is 1.82. The van der Waals surface area contributed by atoms with Crippen LogP contribution in [-0.2, 0) is 6.61 Å². The number of allylic oxidation sites excluding steroid dienone is 1. The smallest absolute Gasteiger partial charge is 0.189 e. The van der Waals surface area contributed by atoms with E-state index in [1.165, 1.54) is 26.4 Å². The van der Waals surface area contributed by atoms with Crippen molar-refractivity contribution in [3.05, 3.63) is 77.5 Å². The second-order valence-electron chi connectivity index (χ2n) is 6.34. The molecule has 0 saturated heterocycles. The zero-order chi connectivity index (χ0) is 21.5. The molecule has 0 aliphatic rings. The Morgan fingerprint density at radius 2 is 1.90 bits per heavy atom. The zero-order valence-electron chi connectivity index (χ0n) is 16.6. The number of phenolic OH excluding ortho intramolecular Hbond substituents is 1. The minimum atomic E-state index is -0.250. The SMILES string of the molecule is COc1ccc(C=CC(=O)c2cccnc2Nc2ccc(CO)c(OC)c2)cc1O. The standard InChI is InChI=1S/C23H22N2O5/c1-29-21-10-6-15(12-20(21)28)5-9-19(27)18-4-3-11-24-23(18)25-17-8-7-16(14-26)22(13-17)30-2/h3-13,26,28H,14H2,1-2H3,(H,24,25). The number of aliphatic hydroxyl groups excluding tert-OH is 1. The summed E-state index contributed by atoms with van der Waals surface area (Å²) < 4.78 is 10.3. The molecule has 0 radical (unpaired) electrons. The number of hydrogen-bond donors (Lipinski definition) is 3. The lowest BCUT2D eigenvalue weighted by Gasteiger charge is -2.12. The molecule has 0 atom stereocenters. The monoisotopic (exact) mass is 406 g/mol. The van der Waals surface area contributed by atoms with E-state index < -0.39 is 0 Å². The van der Waals surface area contributed by atoms with Gasteiger partial charge in [-0.1, -0.05) is 18.2 Å². The molecule has 7 nitrogen and oxygen atoms in total. The summed E-state index contributed by atoms with van der Waals surface area (Å²) in [6, 6.07) is 13.5. The molecule has 0 aliphatic carbocycles. The van der Waals surface area contributed by atoms with E-state index in [4.69, 9.17) is 9.47 Å². The molecule has 0 saturated carbocycles. The molecular weight excluding hydrogens is 384 g/mol. The minimum absolute atomic E-state index is 0.00361. The summed E-state index contributed by atoms with van der Waals surface area (Å²) in [5.41, 5.74) is 2.37. The lowest BCUT2D eigenvalue weighted by atomic mass is 10.1. The van der Waals surface area contributed by atoms with Crippen LogP contribution in [0.4, 0.5) is 11.5 Å². The predicted molar refractivity (Wildman–Crippen MR) is 114 cm³/mol. The molecule has 1 aromatic heterocycles. The highest BCUT2D eigenvalue weighted by molar-refractivity contribution is 6.10. The highest BCUT2D eigenvalue weighted by Gasteiger charge is 2.11. The Bertz CT molecular complexity index is 1080. The molecule has 3 rings (SSSR count). The summed E-state index contributed by atoms with van der Waals surface area (Å²) in [5.74, 6) is 1.03. The van der Waals surface area contributed by atoms with Gasteiger partial charge in [-0.15, -0.1) is 0 Å². The molecule has 0 aliphatic heterocycles. The van der Waals surface area contributed by atoms with E-state index in [1.54, 1.807) is 54.7 Å². The van der Waals surface area contributed by atoms with Crippen molar-refractivity contribution in [3.8, 4) is 17.2 Å². The van der Waals surface area contributed by atoms with Gasteiger partial charge < -0.3 is 25.0 Å². The molecular formula is C23H22N2O5. The molecule has 2 aromatic carbocycles. The van der Waals surface area contributed by atoms with E-state index in [1.807, 2.05) is 0 Å². The molecule has 7 heteroatoms. The van der Waals surface area contributed by atoms with Crippen molar-refractivity contribution in [3.63, 3.8) is 0 Å². The van der Waals surface area contributed by atoms with Gasteiger partial charge in [-0.05, 0) is 42.0 Å². The average molecular weight is 406 g/mol. The Morgan fingerprint density at radius 1 is 1.10 bits per heavy atom. The summed E-state index contributed by atoms with van der Waals surface area (Å²) in [7, 11) is 2.99. The fourth-order valence-corrected chi connectivity index (χ4v) is 2.87. The van der Waals surface area contributed by atoms with Gasteiger partial charge in [-0.2, -0.15) is 0 Å². The van der Waals surface area contributed by atoms with Gasteiger partial charge in [0.2, 0.25) is 0 Å². The number of rotatable bonds is 8. The van der Waals surface area contributed by atoms with E-state index in [2.05, 4.69) is 10.3 Å². The van der Waals surface area contributed by atoms with E-state index in [-0.39, 0.29) is 18.1 Å². The van der Waals surface area contributed by atoms with Crippen molar-refractivity contribution in [1.82, 2.24) is 4.98 Å². The number of benzene rings is 2. The largest absolute Gasteiger partial charge is 0.504 e. The normalized spacial score (nSPS) is 10.8. The number of methoxy groups -OCH3 is 2. The van der Waals surface area contributed by atoms with Crippen molar-refractivity contribution in [2.75, 3.05) is 19.5 Å². The number of hydrogen-bond acceptors (Lipinski definition) is 7. The van der Waals surface area contributed by atoms with Crippen LogP contribution in [0.1, 0.15) is 21.5 Å². The number of carbonyl (C=O) groups excluding carboxylic acids is 1. The third-order valence-electron chi connectivity index (χ3n) is 4.42. The number of nitrogens with zero attached hydrogens (tertiary/aromatic N) is 1. The molecule has 1 heterocycles. The summed E-state index contributed by atoms with van der Waals surface area (Å²) >= 11 is 0. The van der Waals surface area contributed by atoms with Gasteiger partial charge in [0.05, 0.1) is 26.4 Å². The second-order valence-corrected chi connectivity index (χ2v) is 6.34. The van der Waals surface area contributed by atoms with Gasteiger partial charge in [0.25, 0.3) is 0 Å². The number of ether oxygens (including phenoxy) is 2. The van der Waals surface area contributed by atoms with E-state index in [0.29, 0.717) is 39.7 Å². The Hall–Kier alpha value is -3.84. The molecule has 0 fully saturated rings. The quantitative estimate of drug-likeness (QED) is 0.385. The minimum Gasteiger partial charge on any atom is -0.504 e. The lowest BCUT2D eigenvalue weighted by Crippen LogP contribution is -2.04. The lowest BCUT2D eigenvalue weighted by molar-refractivity contribution is 0.104. The van der Waals surface area contributed by atoms with Crippen molar-refractivity contribution in [2.45, 2.75) is 6.61 Å². The summed E-state index contributed by atoms with van der Waals surface area (Å²) in [6.45, 7) is -0.136. The van der Waals surface area contributed by atoms with Crippen LogP contribution in [0, 0.1) is 0 Å². The first-order valence-electron chi connectivity index (χ1n) is 9.15. The van der Waals surface area contributed by atoms with Gasteiger partial charge in [0.1, 0.15) is 11.6 Å². The third kappa shape index (κ3) is 4.76. The Labute approximate surface area is 174 Å². The zero-order valence-corrected chi connectivity index (χ0v) is 16.6. The molecule has 0 amide bonds. The molecule has 3 aromatic rings. The molecule has 154 valence electrons. The highest BCUT2D eigenvalue weighted by atomic mass is 16.5. The van der Waals surface area contributed by atoms with Gasteiger partial charge >= 0.3 is 0 Å². The number of aromatic hydroxyl groups is 1. The van der Waals surface area contributed by atoms with Gasteiger partial charge in [-0.25, -0.2) is 4.98 Å². The third-order valence-corrected chi connectivity index (χ3v) is 4.42. The first kappa shape index (κ1) is 20.9. The highest BCUT2D eigenvalue weighted by Crippen LogP contribution is 2.28. The maximum absolute atomic E-state index is 12.7. The molecule has 0 spiro atoms. The summed E-state index contributed by atoms with van der Waals surface area (Å²) in [6.07, 6.45) is 4.61. The number of anilines is 2. The van der Waals surface area contributed by atoms with Crippen LogP contribution in [0.5, 0.6) is 17.2 Å². The molecule has 0 unspecified atom stereocenters. The maximum atomic E-state index is 12.7. The first-order chi connectivity index (χ1) is 14.5. The van der Waals surface area contributed by atoms with Gasteiger partial charge in [-0.3, -0.25) is 4.79 Å².